The average Bonchev–Trinajstić information content (AvgIpc) is 3.09. The number of fused-ring (bicyclic) bond motifs is 3. The lowest BCUT2D eigenvalue weighted by molar-refractivity contribution is 0.435. The number of rotatable bonds is 4. The van der Waals surface area contributed by atoms with Crippen LogP contribution in [0.25, 0.3) is 11.3 Å². The Morgan fingerprint density at radius 2 is 2.00 bits per heavy atom. The summed E-state index contributed by atoms with van der Waals surface area (Å²) in [6.45, 7) is 3.63. The average molecular weight is 417 g/mol. The normalized spacial score (nSPS) is 23.1. The van der Waals surface area contributed by atoms with E-state index in [1.807, 2.05) is 14.0 Å². The summed E-state index contributed by atoms with van der Waals surface area (Å²) in [7, 11) is 1.86. The van der Waals surface area contributed by atoms with Crippen LogP contribution in [0.15, 0.2) is 18.7 Å². The summed E-state index contributed by atoms with van der Waals surface area (Å²) in [5, 5.41) is 3.16. The Bertz CT molecular complexity index is 1180. The molecule has 3 aromatic rings. The third-order valence-corrected chi connectivity index (χ3v) is 6.61. The smallest absolute Gasteiger partial charge is 0.324 e. The minimum atomic E-state index is 0.215. The van der Waals surface area contributed by atoms with Crippen molar-refractivity contribution in [2.75, 3.05) is 30.4 Å². The highest BCUT2D eigenvalue weighted by Crippen LogP contribution is 2.53. The van der Waals surface area contributed by atoms with Crippen LogP contribution in [0.1, 0.15) is 29.9 Å². The van der Waals surface area contributed by atoms with E-state index in [4.69, 9.17) is 20.4 Å². The van der Waals surface area contributed by atoms with E-state index in [0.29, 0.717) is 18.0 Å². The molecule has 4 heterocycles. The molecule has 3 aliphatic rings. The van der Waals surface area contributed by atoms with Gasteiger partial charge in [0.25, 0.3) is 0 Å². The Balaban J connectivity index is 1.44. The van der Waals surface area contributed by atoms with E-state index in [0.717, 1.165) is 60.1 Å². The van der Waals surface area contributed by atoms with E-state index in [1.165, 1.54) is 0 Å². The highest BCUT2D eigenvalue weighted by atomic mass is 16.5. The van der Waals surface area contributed by atoms with Crippen molar-refractivity contribution in [2.24, 2.45) is 11.1 Å². The fourth-order valence-electron chi connectivity index (χ4n) is 4.76. The number of aromatic nitrogens is 6. The number of ether oxygens (including phenoxy) is 1. The van der Waals surface area contributed by atoms with Gasteiger partial charge in [0.15, 0.2) is 5.75 Å². The molecule has 10 heteroatoms. The van der Waals surface area contributed by atoms with E-state index in [2.05, 4.69) is 30.2 Å². The molecule has 2 fully saturated rings. The zero-order chi connectivity index (χ0) is 21.2. The number of nitrogens with zero attached hydrogens (tertiary/aromatic N) is 7. The maximum atomic E-state index is 6.25. The molecule has 6 rings (SSSR count). The van der Waals surface area contributed by atoms with Crippen LogP contribution < -0.4 is 20.7 Å². The van der Waals surface area contributed by atoms with Gasteiger partial charge in [-0.2, -0.15) is 9.97 Å². The molecule has 1 saturated carbocycles. The predicted molar refractivity (Wildman–Crippen MR) is 114 cm³/mol. The van der Waals surface area contributed by atoms with Crippen LogP contribution in [0.3, 0.4) is 0 Å². The standard InChI is InChI=1S/C21H23N9O/c1-11-24-7-12(8-25-11)31-20-28-14-5-13-17(26-10-27-18(13)23-2)16(14)19(29-20)30-4-3-21(9-30)6-15(21)22/h7-8,10,15H,3-6,9,22H2,1-2H3,(H,23,26,27). The summed E-state index contributed by atoms with van der Waals surface area (Å²) in [4.78, 5) is 29.2. The number of nitrogens with two attached hydrogens (primary N) is 1. The van der Waals surface area contributed by atoms with Gasteiger partial charge in [0.05, 0.1) is 29.3 Å². The Kier molecular flexibility index (Phi) is 3.88. The van der Waals surface area contributed by atoms with Gasteiger partial charge < -0.3 is 20.7 Å². The second-order valence-electron chi connectivity index (χ2n) is 8.54. The van der Waals surface area contributed by atoms with Gasteiger partial charge in [0, 0.05) is 43.6 Å². The van der Waals surface area contributed by atoms with Crippen molar-refractivity contribution in [1.29, 1.82) is 0 Å². The number of anilines is 2. The summed E-state index contributed by atoms with van der Waals surface area (Å²) < 4.78 is 5.95. The largest absolute Gasteiger partial charge is 0.421 e. The fraction of sp³-hybridized carbons (Fsp3) is 0.429. The molecule has 0 aromatic carbocycles. The number of nitrogens with one attached hydrogen (secondary N) is 1. The molecule has 3 N–H and O–H groups in total. The van der Waals surface area contributed by atoms with E-state index < -0.39 is 0 Å². The van der Waals surface area contributed by atoms with Crippen LogP contribution >= 0.6 is 0 Å². The molecule has 1 saturated heterocycles. The van der Waals surface area contributed by atoms with Crippen LogP contribution in [-0.4, -0.2) is 56.1 Å². The second kappa shape index (κ2) is 6.55. The summed E-state index contributed by atoms with van der Waals surface area (Å²) in [5.74, 6) is 2.85. The lowest BCUT2D eigenvalue weighted by Crippen LogP contribution is -2.24. The summed E-state index contributed by atoms with van der Waals surface area (Å²) in [5.41, 5.74) is 10.2. The van der Waals surface area contributed by atoms with Crippen molar-refractivity contribution >= 4 is 11.6 Å². The third-order valence-electron chi connectivity index (χ3n) is 6.61. The molecule has 0 radical (unpaired) electrons. The quantitative estimate of drug-likeness (QED) is 0.506. The molecular formula is C21H23N9O. The lowest BCUT2D eigenvalue weighted by Gasteiger charge is -2.21. The monoisotopic (exact) mass is 417 g/mol. The number of hydrogen-bond donors (Lipinski definition) is 2. The van der Waals surface area contributed by atoms with Gasteiger partial charge >= 0.3 is 6.01 Å². The SMILES string of the molecule is CNc1ncnc2c1Cc1nc(Oc3cnc(C)nc3)nc(N3CCC4(CC4N)C3)c1-2. The Morgan fingerprint density at radius 3 is 2.71 bits per heavy atom. The first kappa shape index (κ1) is 18.4. The molecule has 0 amide bonds. The zero-order valence-electron chi connectivity index (χ0n) is 17.5. The molecule has 31 heavy (non-hydrogen) atoms. The highest BCUT2D eigenvalue weighted by molar-refractivity contribution is 5.85. The van der Waals surface area contributed by atoms with Gasteiger partial charge in [-0.25, -0.2) is 19.9 Å². The summed E-state index contributed by atoms with van der Waals surface area (Å²) >= 11 is 0. The molecule has 10 nitrogen and oxygen atoms in total. The predicted octanol–water partition coefficient (Wildman–Crippen LogP) is 1.70. The van der Waals surface area contributed by atoms with Crippen LogP contribution in [0.2, 0.25) is 0 Å². The lowest BCUT2D eigenvalue weighted by atomic mass is 10.1. The van der Waals surface area contributed by atoms with E-state index >= 15 is 0 Å². The Morgan fingerprint density at radius 1 is 1.19 bits per heavy atom. The first-order chi connectivity index (χ1) is 15.1. The maximum Gasteiger partial charge on any atom is 0.324 e. The highest BCUT2D eigenvalue weighted by Gasteiger charge is 2.56. The van der Waals surface area contributed by atoms with E-state index in [9.17, 15) is 0 Å². The van der Waals surface area contributed by atoms with Gasteiger partial charge in [-0.1, -0.05) is 0 Å². The minimum absolute atomic E-state index is 0.215. The Hall–Kier alpha value is -3.40. The van der Waals surface area contributed by atoms with Crippen molar-refractivity contribution in [3.63, 3.8) is 0 Å². The maximum absolute atomic E-state index is 6.25. The van der Waals surface area contributed by atoms with Crippen LogP contribution in [0, 0.1) is 12.3 Å². The minimum Gasteiger partial charge on any atom is -0.421 e. The van der Waals surface area contributed by atoms with Crippen molar-refractivity contribution < 1.29 is 4.74 Å². The van der Waals surface area contributed by atoms with Crippen LogP contribution in [0.4, 0.5) is 11.6 Å². The molecular weight excluding hydrogens is 394 g/mol. The Labute approximate surface area is 179 Å². The topological polar surface area (TPSA) is 128 Å². The van der Waals surface area contributed by atoms with E-state index in [-0.39, 0.29) is 17.5 Å². The van der Waals surface area contributed by atoms with Gasteiger partial charge in [-0.3, -0.25) is 0 Å². The molecule has 2 unspecified atom stereocenters. The molecule has 1 spiro atoms. The van der Waals surface area contributed by atoms with Crippen molar-refractivity contribution in [3.05, 3.63) is 35.8 Å². The summed E-state index contributed by atoms with van der Waals surface area (Å²) in [6, 6.07) is 0.562. The van der Waals surface area contributed by atoms with Crippen LogP contribution in [-0.2, 0) is 6.42 Å². The van der Waals surface area contributed by atoms with E-state index in [1.54, 1.807) is 18.7 Å². The van der Waals surface area contributed by atoms with Crippen LogP contribution in [0.5, 0.6) is 11.8 Å². The van der Waals surface area contributed by atoms with Crippen molar-refractivity contribution in [2.45, 2.75) is 32.2 Å². The van der Waals surface area contributed by atoms with Gasteiger partial charge in [-0.15, -0.1) is 0 Å². The number of hydrogen-bond acceptors (Lipinski definition) is 10. The van der Waals surface area contributed by atoms with Gasteiger partial charge in [-0.05, 0) is 19.8 Å². The summed E-state index contributed by atoms with van der Waals surface area (Å²) in [6.07, 6.45) is 7.62. The number of aryl methyl sites for hydroxylation is 1. The van der Waals surface area contributed by atoms with Crippen molar-refractivity contribution in [1.82, 2.24) is 29.9 Å². The first-order valence-electron chi connectivity index (χ1n) is 10.5. The van der Waals surface area contributed by atoms with Gasteiger partial charge in [0.2, 0.25) is 0 Å². The molecule has 2 aliphatic carbocycles. The zero-order valence-corrected chi connectivity index (χ0v) is 17.5. The van der Waals surface area contributed by atoms with Gasteiger partial charge in [0.1, 0.15) is 23.8 Å². The fourth-order valence-corrected chi connectivity index (χ4v) is 4.76. The first-order valence-corrected chi connectivity index (χ1v) is 10.5. The molecule has 2 atom stereocenters. The molecule has 0 bridgehead atoms. The third kappa shape index (κ3) is 2.89. The second-order valence-corrected chi connectivity index (χ2v) is 8.54. The molecule has 3 aromatic heterocycles. The van der Waals surface area contributed by atoms with Crippen molar-refractivity contribution in [3.8, 4) is 23.0 Å². The molecule has 158 valence electrons. The molecule has 1 aliphatic heterocycles.